The highest BCUT2D eigenvalue weighted by Crippen LogP contribution is 2.38. The SMILES string of the molecule is CC(C)NC1CCCN(CC2CC2C)C1. The van der Waals surface area contributed by atoms with E-state index in [1.807, 2.05) is 0 Å². The second kappa shape index (κ2) is 4.84. The van der Waals surface area contributed by atoms with Crippen LogP contribution in [-0.2, 0) is 0 Å². The molecule has 88 valence electrons. The molecule has 1 saturated heterocycles. The molecule has 1 saturated carbocycles. The minimum atomic E-state index is 0.634. The fourth-order valence-electron chi connectivity index (χ4n) is 2.81. The summed E-state index contributed by atoms with van der Waals surface area (Å²) in [5.41, 5.74) is 0. The van der Waals surface area contributed by atoms with Gasteiger partial charge in [-0.2, -0.15) is 0 Å². The van der Waals surface area contributed by atoms with Crippen molar-refractivity contribution in [1.29, 1.82) is 0 Å². The van der Waals surface area contributed by atoms with E-state index in [0.29, 0.717) is 6.04 Å². The first-order valence-corrected chi connectivity index (χ1v) is 6.63. The maximum absolute atomic E-state index is 3.67. The standard InChI is InChI=1S/C13H26N2/c1-10(2)14-13-5-4-6-15(9-13)8-12-7-11(12)3/h10-14H,4-9H2,1-3H3. The van der Waals surface area contributed by atoms with Crippen LogP contribution in [0.3, 0.4) is 0 Å². The first kappa shape index (κ1) is 11.4. The monoisotopic (exact) mass is 210 g/mol. The normalized spacial score (nSPS) is 37.2. The molecule has 2 aliphatic rings. The van der Waals surface area contributed by atoms with E-state index in [1.165, 1.54) is 38.9 Å². The summed E-state index contributed by atoms with van der Waals surface area (Å²) >= 11 is 0. The fraction of sp³-hybridized carbons (Fsp3) is 1.00. The first-order valence-electron chi connectivity index (χ1n) is 6.63. The van der Waals surface area contributed by atoms with Crippen LogP contribution in [0.4, 0.5) is 0 Å². The summed E-state index contributed by atoms with van der Waals surface area (Å²) in [6.45, 7) is 10.9. The van der Waals surface area contributed by atoms with Crippen LogP contribution < -0.4 is 5.32 Å². The number of nitrogens with one attached hydrogen (secondary N) is 1. The van der Waals surface area contributed by atoms with Gasteiger partial charge >= 0.3 is 0 Å². The maximum atomic E-state index is 3.67. The topological polar surface area (TPSA) is 15.3 Å². The number of rotatable bonds is 4. The quantitative estimate of drug-likeness (QED) is 0.764. The van der Waals surface area contributed by atoms with Gasteiger partial charge in [0.2, 0.25) is 0 Å². The first-order chi connectivity index (χ1) is 7.15. The summed E-state index contributed by atoms with van der Waals surface area (Å²) in [5, 5.41) is 3.67. The Bertz CT molecular complexity index is 203. The molecule has 15 heavy (non-hydrogen) atoms. The molecule has 3 atom stereocenters. The van der Waals surface area contributed by atoms with Crippen molar-refractivity contribution in [3.8, 4) is 0 Å². The van der Waals surface area contributed by atoms with E-state index in [4.69, 9.17) is 0 Å². The van der Waals surface area contributed by atoms with Crippen molar-refractivity contribution in [1.82, 2.24) is 10.2 Å². The van der Waals surface area contributed by atoms with Gasteiger partial charge in [0.15, 0.2) is 0 Å². The van der Waals surface area contributed by atoms with Gasteiger partial charge in [-0.25, -0.2) is 0 Å². The Morgan fingerprint density at radius 1 is 1.40 bits per heavy atom. The van der Waals surface area contributed by atoms with E-state index in [-0.39, 0.29) is 0 Å². The van der Waals surface area contributed by atoms with E-state index < -0.39 is 0 Å². The van der Waals surface area contributed by atoms with Gasteiger partial charge in [-0.1, -0.05) is 20.8 Å². The van der Waals surface area contributed by atoms with Gasteiger partial charge in [0, 0.05) is 25.2 Å². The number of hydrogen-bond acceptors (Lipinski definition) is 2. The molecule has 3 unspecified atom stereocenters. The highest BCUT2D eigenvalue weighted by atomic mass is 15.2. The lowest BCUT2D eigenvalue weighted by Crippen LogP contribution is -2.48. The Morgan fingerprint density at radius 2 is 2.13 bits per heavy atom. The Balaban J connectivity index is 1.71. The van der Waals surface area contributed by atoms with Crippen molar-refractivity contribution in [2.45, 2.75) is 52.1 Å². The number of likely N-dealkylation sites (tertiary alicyclic amines) is 1. The van der Waals surface area contributed by atoms with Crippen molar-refractivity contribution < 1.29 is 0 Å². The lowest BCUT2D eigenvalue weighted by molar-refractivity contribution is 0.177. The molecule has 0 bridgehead atoms. The Kier molecular flexibility index (Phi) is 3.68. The summed E-state index contributed by atoms with van der Waals surface area (Å²) < 4.78 is 0. The van der Waals surface area contributed by atoms with Crippen molar-refractivity contribution in [2.24, 2.45) is 11.8 Å². The fourth-order valence-corrected chi connectivity index (χ4v) is 2.81. The van der Waals surface area contributed by atoms with Crippen LogP contribution in [-0.4, -0.2) is 36.6 Å². The zero-order chi connectivity index (χ0) is 10.8. The van der Waals surface area contributed by atoms with Gasteiger partial charge in [0.1, 0.15) is 0 Å². The number of hydrogen-bond donors (Lipinski definition) is 1. The average molecular weight is 210 g/mol. The summed E-state index contributed by atoms with van der Waals surface area (Å²) in [5.74, 6) is 2.02. The van der Waals surface area contributed by atoms with Crippen LogP contribution in [0.5, 0.6) is 0 Å². The van der Waals surface area contributed by atoms with E-state index in [0.717, 1.165) is 17.9 Å². The number of nitrogens with zero attached hydrogens (tertiary/aromatic N) is 1. The molecular formula is C13H26N2. The van der Waals surface area contributed by atoms with Gasteiger partial charge in [-0.15, -0.1) is 0 Å². The average Bonchev–Trinajstić information content (AvgIpc) is 2.81. The molecule has 2 nitrogen and oxygen atoms in total. The molecule has 1 aliphatic carbocycles. The molecule has 0 spiro atoms. The van der Waals surface area contributed by atoms with Gasteiger partial charge in [-0.3, -0.25) is 0 Å². The minimum Gasteiger partial charge on any atom is -0.311 e. The molecule has 1 aliphatic heterocycles. The largest absolute Gasteiger partial charge is 0.311 e. The molecule has 2 rings (SSSR count). The highest BCUT2D eigenvalue weighted by molar-refractivity contribution is 4.88. The summed E-state index contributed by atoms with van der Waals surface area (Å²) in [4.78, 5) is 2.68. The van der Waals surface area contributed by atoms with E-state index in [1.54, 1.807) is 0 Å². The molecule has 0 aromatic heterocycles. The van der Waals surface area contributed by atoms with Crippen LogP contribution in [0.2, 0.25) is 0 Å². The zero-order valence-electron chi connectivity index (χ0n) is 10.5. The highest BCUT2D eigenvalue weighted by Gasteiger charge is 2.34. The second-order valence-corrected chi connectivity index (χ2v) is 5.89. The van der Waals surface area contributed by atoms with Crippen LogP contribution in [0.15, 0.2) is 0 Å². The molecule has 1 N–H and O–H groups in total. The molecule has 0 radical (unpaired) electrons. The van der Waals surface area contributed by atoms with Gasteiger partial charge in [0.25, 0.3) is 0 Å². The van der Waals surface area contributed by atoms with Gasteiger partial charge < -0.3 is 10.2 Å². The summed E-state index contributed by atoms with van der Waals surface area (Å²) in [6, 6.07) is 1.38. The Labute approximate surface area is 94.4 Å². The predicted molar refractivity (Wildman–Crippen MR) is 65.0 cm³/mol. The van der Waals surface area contributed by atoms with Gasteiger partial charge in [0.05, 0.1) is 0 Å². The van der Waals surface area contributed by atoms with Crippen LogP contribution in [0.1, 0.15) is 40.0 Å². The second-order valence-electron chi connectivity index (χ2n) is 5.89. The minimum absolute atomic E-state index is 0.634. The van der Waals surface area contributed by atoms with Crippen molar-refractivity contribution >= 4 is 0 Å². The molecule has 0 aromatic carbocycles. The smallest absolute Gasteiger partial charge is 0.0197 e. The van der Waals surface area contributed by atoms with Crippen LogP contribution >= 0.6 is 0 Å². The molecule has 2 heteroatoms. The lowest BCUT2D eigenvalue weighted by Gasteiger charge is -2.34. The third-order valence-electron chi connectivity index (χ3n) is 3.84. The van der Waals surface area contributed by atoms with E-state index in [9.17, 15) is 0 Å². The molecule has 0 aromatic rings. The van der Waals surface area contributed by atoms with Crippen LogP contribution in [0.25, 0.3) is 0 Å². The predicted octanol–water partition coefficient (Wildman–Crippen LogP) is 2.10. The van der Waals surface area contributed by atoms with Crippen LogP contribution in [0, 0.1) is 11.8 Å². The van der Waals surface area contributed by atoms with Gasteiger partial charge in [-0.05, 0) is 37.6 Å². The molecular weight excluding hydrogens is 184 g/mol. The van der Waals surface area contributed by atoms with Crippen molar-refractivity contribution in [3.63, 3.8) is 0 Å². The maximum Gasteiger partial charge on any atom is 0.0197 e. The Morgan fingerprint density at radius 3 is 2.73 bits per heavy atom. The van der Waals surface area contributed by atoms with Crippen molar-refractivity contribution in [3.05, 3.63) is 0 Å². The zero-order valence-corrected chi connectivity index (χ0v) is 10.5. The summed E-state index contributed by atoms with van der Waals surface area (Å²) in [6.07, 6.45) is 4.22. The lowest BCUT2D eigenvalue weighted by atomic mass is 10.0. The molecule has 0 amide bonds. The van der Waals surface area contributed by atoms with Crippen molar-refractivity contribution in [2.75, 3.05) is 19.6 Å². The Hall–Kier alpha value is -0.0800. The third kappa shape index (κ3) is 3.46. The van der Waals surface area contributed by atoms with E-state index >= 15 is 0 Å². The molecule has 1 heterocycles. The number of piperidine rings is 1. The summed E-state index contributed by atoms with van der Waals surface area (Å²) in [7, 11) is 0. The molecule has 2 fully saturated rings. The third-order valence-corrected chi connectivity index (χ3v) is 3.84. The van der Waals surface area contributed by atoms with E-state index in [2.05, 4.69) is 31.0 Å².